The quantitative estimate of drug-likeness (QED) is 0.646. The highest BCUT2D eigenvalue weighted by Gasteiger charge is 2.13. The first-order chi connectivity index (χ1) is 12.2. The van der Waals surface area contributed by atoms with Crippen molar-refractivity contribution in [1.29, 1.82) is 0 Å². The number of hydrogen-bond donors (Lipinski definition) is 2. The van der Waals surface area contributed by atoms with E-state index in [4.69, 9.17) is 9.84 Å². The highest BCUT2D eigenvalue weighted by Crippen LogP contribution is 2.20. The Morgan fingerprint density at radius 3 is 2.72 bits per heavy atom. The van der Waals surface area contributed by atoms with E-state index in [2.05, 4.69) is 10.3 Å². The van der Waals surface area contributed by atoms with E-state index in [1.54, 1.807) is 17.7 Å². The molecule has 3 aromatic rings. The van der Waals surface area contributed by atoms with Crippen LogP contribution < -0.4 is 15.6 Å². The summed E-state index contributed by atoms with van der Waals surface area (Å²) in [4.78, 5) is 17.6. The third-order valence-corrected chi connectivity index (χ3v) is 4.00. The van der Waals surface area contributed by atoms with E-state index < -0.39 is 0 Å². The van der Waals surface area contributed by atoms with Gasteiger partial charge in [-0.15, -0.1) is 0 Å². The molecule has 0 unspecified atom stereocenters. The van der Waals surface area contributed by atoms with Crippen LogP contribution >= 0.6 is 0 Å². The van der Waals surface area contributed by atoms with E-state index in [1.165, 1.54) is 0 Å². The number of aromatic nitrogens is 2. The Bertz CT molecular complexity index is 921. The Balaban J connectivity index is 2.08. The molecule has 3 rings (SSSR count). The summed E-state index contributed by atoms with van der Waals surface area (Å²) in [6, 6.07) is 14.9. The topological polar surface area (TPSA) is 76.4 Å². The van der Waals surface area contributed by atoms with Gasteiger partial charge in [-0.25, -0.2) is 4.98 Å². The van der Waals surface area contributed by atoms with Crippen molar-refractivity contribution in [2.45, 2.75) is 13.0 Å². The molecule has 0 aliphatic carbocycles. The van der Waals surface area contributed by atoms with Gasteiger partial charge in [0.15, 0.2) is 0 Å². The van der Waals surface area contributed by atoms with Crippen LogP contribution in [0.4, 0.5) is 5.95 Å². The molecule has 0 aliphatic heterocycles. The monoisotopic (exact) mass is 339 g/mol. The average Bonchev–Trinajstić information content (AvgIpc) is 2.65. The van der Waals surface area contributed by atoms with Crippen molar-refractivity contribution >= 4 is 16.9 Å². The predicted octanol–water partition coefficient (Wildman–Crippen LogP) is 2.25. The van der Waals surface area contributed by atoms with Gasteiger partial charge in [0.2, 0.25) is 5.95 Å². The molecule has 0 aliphatic rings. The summed E-state index contributed by atoms with van der Waals surface area (Å²) in [5, 5.41) is 12.7. The number of fused-ring (bicyclic) bond motifs is 1. The van der Waals surface area contributed by atoms with Gasteiger partial charge in [-0.1, -0.05) is 30.3 Å². The molecule has 0 atom stereocenters. The molecule has 0 saturated carbocycles. The smallest absolute Gasteiger partial charge is 0.263 e. The van der Waals surface area contributed by atoms with Gasteiger partial charge < -0.3 is 15.2 Å². The maximum absolute atomic E-state index is 13.0. The molecule has 6 nitrogen and oxygen atoms in total. The lowest BCUT2D eigenvalue weighted by molar-refractivity contribution is 0.292. The summed E-state index contributed by atoms with van der Waals surface area (Å²) in [7, 11) is 1.61. The highest BCUT2D eigenvalue weighted by atomic mass is 16.5. The second-order valence-corrected chi connectivity index (χ2v) is 5.66. The van der Waals surface area contributed by atoms with Crippen LogP contribution in [0.3, 0.4) is 0 Å². The number of nitrogens with zero attached hydrogens (tertiary/aromatic N) is 2. The van der Waals surface area contributed by atoms with Crippen LogP contribution in [0.1, 0.15) is 12.0 Å². The van der Waals surface area contributed by atoms with E-state index in [9.17, 15) is 4.79 Å². The fourth-order valence-corrected chi connectivity index (χ4v) is 2.73. The van der Waals surface area contributed by atoms with Crippen LogP contribution in [0.25, 0.3) is 10.9 Å². The van der Waals surface area contributed by atoms with Gasteiger partial charge in [0.25, 0.3) is 5.56 Å². The molecule has 0 amide bonds. The molecule has 6 heteroatoms. The molecular formula is C19H21N3O3. The number of aliphatic hydroxyl groups is 1. The van der Waals surface area contributed by atoms with Crippen molar-refractivity contribution < 1.29 is 9.84 Å². The molecule has 0 fully saturated rings. The molecule has 1 aromatic heterocycles. The van der Waals surface area contributed by atoms with Crippen molar-refractivity contribution in [3.8, 4) is 5.75 Å². The first kappa shape index (κ1) is 17.0. The van der Waals surface area contributed by atoms with E-state index in [0.29, 0.717) is 36.4 Å². The van der Waals surface area contributed by atoms with E-state index >= 15 is 0 Å². The summed E-state index contributed by atoms with van der Waals surface area (Å²) in [6.07, 6.45) is 0.581. The van der Waals surface area contributed by atoms with Crippen LogP contribution in [-0.4, -0.2) is 34.9 Å². The van der Waals surface area contributed by atoms with Gasteiger partial charge >= 0.3 is 0 Å². The number of hydrogen-bond acceptors (Lipinski definition) is 5. The van der Waals surface area contributed by atoms with Gasteiger partial charge in [-0.05, 0) is 24.6 Å². The molecule has 25 heavy (non-hydrogen) atoms. The first-order valence-corrected chi connectivity index (χ1v) is 8.21. The molecule has 130 valence electrons. The first-order valence-electron chi connectivity index (χ1n) is 8.21. The van der Waals surface area contributed by atoms with Crippen LogP contribution in [0.5, 0.6) is 5.75 Å². The van der Waals surface area contributed by atoms with E-state index in [0.717, 1.165) is 11.3 Å². The zero-order valence-corrected chi connectivity index (χ0v) is 14.1. The van der Waals surface area contributed by atoms with Crippen molar-refractivity contribution in [1.82, 2.24) is 9.55 Å². The fraction of sp³-hybridized carbons (Fsp3) is 0.263. The van der Waals surface area contributed by atoms with Gasteiger partial charge in [0.1, 0.15) is 5.75 Å². The summed E-state index contributed by atoms with van der Waals surface area (Å²) < 4.78 is 7.00. The summed E-state index contributed by atoms with van der Waals surface area (Å²) in [5.74, 6) is 1.21. The number of anilines is 1. The standard InChI is InChI=1S/C19H21N3O3/c1-25-17-10-5-2-7-14(17)13-22-18(24)15-8-3-4-9-16(15)21-19(22)20-11-6-12-23/h2-5,7-10,23H,6,11-13H2,1H3,(H,20,21). The molecular weight excluding hydrogens is 318 g/mol. The van der Waals surface area contributed by atoms with Crippen LogP contribution in [0.2, 0.25) is 0 Å². The average molecular weight is 339 g/mol. The minimum absolute atomic E-state index is 0.0807. The molecule has 0 radical (unpaired) electrons. The van der Waals surface area contributed by atoms with Crippen molar-refractivity contribution in [3.05, 3.63) is 64.4 Å². The second kappa shape index (κ2) is 7.81. The van der Waals surface area contributed by atoms with Crippen molar-refractivity contribution in [2.24, 2.45) is 0 Å². The number of para-hydroxylation sites is 2. The molecule has 2 aromatic carbocycles. The minimum atomic E-state index is -0.108. The SMILES string of the molecule is COc1ccccc1Cn1c(NCCCO)nc2ccccc2c1=O. The zero-order chi connectivity index (χ0) is 17.6. The number of ether oxygens (including phenoxy) is 1. The maximum atomic E-state index is 13.0. The maximum Gasteiger partial charge on any atom is 0.263 e. The van der Waals surface area contributed by atoms with Gasteiger partial charge in [-0.3, -0.25) is 9.36 Å². The fourth-order valence-electron chi connectivity index (χ4n) is 2.73. The van der Waals surface area contributed by atoms with Gasteiger partial charge in [0, 0.05) is 18.7 Å². The van der Waals surface area contributed by atoms with E-state index in [-0.39, 0.29) is 12.2 Å². The summed E-state index contributed by atoms with van der Waals surface area (Å²) in [6.45, 7) is 0.965. The Hall–Kier alpha value is -2.86. The highest BCUT2D eigenvalue weighted by molar-refractivity contribution is 5.78. The molecule has 0 saturated heterocycles. The third-order valence-electron chi connectivity index (χ3n) is 4.00. The Kier molecular flexibility index (Phi) is 5.30. The Morgan fingerprint density at radius 1 is 1.16 bits per heavy atom. The predicted molar refractivity (Wildman–Crippen MR) is 98.3 cm³/mol. The molecule has 0 spiro atoms. The van der Waals surface area contributed by atoms with Crippen LogP contribution in [-0.2, 0) is 6.54 Å². The second-order valence-electron chi connectivity index (χ2n) is 5.66. The normalized spacial score (nSPS) is 10.8. The number of rotatable bonds is 7. The Labute approximate surface area is 145 Å². The Morgan fingerprint density at radius 2 is 1.92 bits per heavy atom. The van der Waals surface area contributed by atoms with Crippen molar-refractivity contribution in [3.63, 3.8) is 0 Å². The number of nitrogens with one attached hydrogen (secondary N) is 1. The largest absolute Gasteiger partial charge is 0.496 e. The van der Waals surface area contributed by atoms with Gasteiger partial charge in [0.05, 0.1) is 24.6 Å². The lowest BCUT2D eigenvalue weighted by Crippen LogP contribution is -2.26. The van der Waals surface area contributed by atoms with Gasteiger partial charge in [-0.2, -0.15) is 0 Å². The number of benzene rings is 2. The number of aliphatic hydroxyl groups excluding tert-OH is 1. The summed E-state index contributed by atoms with van der Waals surface area (Å²) >= 11 is 0. The minimum Gasteiger partial charge on any atom is -0.496 e. The molecule has 2 N–H and O–H groups in total. The number of methoxy groups -OCH3 is 1. The zero-order valence-electron chi connectivity index (χ0n) is 14.1. The lowest BCUT2D eigenvalue weighted by atomic mass is 10.2. The summed E-state index contributed by atoms with van der Waals surface area (Å²) in [5.41, 5.74) is 1.44. The molecule has 0 bridgehead atoms. The van der Waals surface area contributed by atoms with Crippen molar-refractivity contribution in [2.75, 3.05) is 25.6 Å². The molecule has 1 heterocycles. The third kappa shape index (κ3) is 3.64. The van der Waals surface area contributed by atoms with Crippen LogP contribution in [0, 0.1) is 0 Å². The van der Waals surface area contributed by atoms with E-state index in [1.807, 2.05) is 42.5 Å². The lowest BCUT2D eigenvalue weighted by Gasteiger charge is -2.16. The van der Waals surface area contributed by atoms with Crippen LogP contribution in [0.15, 0.2) is 53.3 Å².